The number of thiophene rings is 1. The van der Waals surface area contributed by atoms with E-state index in [4.69, 9.17) is 9.97 Å². The molecule has 0 aliphatic carbocycles. The van der Waals surface area contributed by atoms with Crippen molar-refractivity contribution in [1.29, 1.82) is 0 Å². The molecule has 0 saturated carbocycles. The summed E-state index contributed by atoms with van der Waals surface area (Å²) >= 11 is 1.41. The molecule has 6 aromatic rings. The number of fused-ring (bicyclic) bond motifs is 2. The molecule has 0 atom stereocenters. The predicted molar refractivity (Wildman–Crippen MR) is 166 cm³/mol. The molecule has 0 aliphatic heterocycles. The number of rotatable bonds is 8. The quantitative estimate of drug-likeness (QED) is 0.137. The van der Waals surface area contributed by atoms with Gasteiger partial charge in [-0.2, -0.15) is 5.10 Å². The molecule has 3 N–H and O–H groups in total. The second-order valence-corrected chi connectivity index (χ2v) is 10.6. The number of carbonyl (C=O) groups excluding carboxylic acids is 2. The molecule has 6 rings (SSSR count). The minimum atomic E-state index is -0.193. The van der Waals surface area contributed by atoms with Crippen LogP contribution in [-0.4, -0.2) is 41.8 Å². The molecule has 0 saturated heterocycles. The third-order valence-corrected chi connectivity index (χ3v) is 7.78. The minimum Gasteiger partial charge on any atom is -0.335 e. The van der Waals surface area contributed by atoms with E-state index in [0.717, 1.165) is 32.6 Å². The summed E-state index contributed by atoms with van der Waals surface area (Å²) < 4.78 is 0. The van der Waals surface area contributed by atoms with Crippen molar-refractivity contribution in [3.63, 3.8) is 0 Å². The Labute approximate surface area is 244 Å². The van der Waals surface area contributed by atoms with Crippen molar-refractivity contribution in [2.45, 2.75) is 13.8 Å². The van der Waals surface area contributed by atoms with Crippen LogP contribution in [0.15, 0.2) is 97.5 Å². The fourth-order valence-electron chi connectivity index (χ4n) is 4.57. The highest BCUT2D eigenvalue weighted by atomic mass is 32.1. The maximum Gasteiger partial charge on any atom is 0.255 e. The first-order valence-corrected chi connectivity index (χ1v) is 13.9. The van der Waals surface area contributed by atoms with E-state index in [0.29, 0.717) is 38.9 Å². The Morgan fingerprint density at radius 3 is 2.55 bits per heavy atom. The van der Waals surface area contributed by atoms with Gasteiger partial charge >= 0.3 is 0 Å². The van der Waals surface area contributed by atoms with Gasteiger partial charge in [-0.1, -0.05) is 36.9 Å². The molecule has 5 aromatic heterocycles. The summed E-state index contributed by atoms with van der Waals surface area (Å²) in [5.41, 5.74) is 6.90. The molecular weight excluding hydrogens is 546 g/mol. The fourth-order valence-corrected chi connectivity index (χ4v) is 5.48. The number of benzene rings is 1. The van der Waals surface area contributed by atoms with Crippen molar-refractivity contribution < 1.29 is 9.59 Å². The Morgan fingerprint density at radius 1 is 0.952 bits per heavy atom. The molecule has 42 heavy (non-hydrogen) atoms. The molecule has 0 bridgehead atoms. The third kappa shape index (κ3) is 5.18. The number of imidazole rings is 1. The number of amides is 1. The highest BCUT2D eigenvalue weighted by Gasteiger charge is 2.18. The van der Waals surface area contributed by atoms with Gasteiger partial charge in [-0.25, -0.2) is 9.97 Å². The van der Waals surface area contributed by atoms with Crippen LogP contribution in [0.25, 0.3) is 49.6 Å². The van der Waals surface area contributed by atoms with Gasteiger partial charge in [0.15, 0.2) is 17.3 Å². The van der Waals surface area contributed by atoms with Gasteiger partial charge in [0.05, 0.1) is 27.8 Å². The Bertz CT molecular complexity index is 2050. The van der Waals surface area contributed by atoms with Crippen molar-refractivity contribution >= 4 is 50.7 Å². The second kappa shape index (κ2) is 11.2. The number of hydrogen-bond acceptors (Lipinski definition) is 7. The van der Waals surface area contributed by atoms with Crippen LogP contribution in [-0.2, 0) is 0 Å². The largest absolute Gasteiger partial charge is 0.335 e. The number of Topliss-reactive ketones (excluding diaryl/α,β-unsaturated/α-hetero) is 1. The Morgan fingerprint density at radius 2 is 1.79 bits per heavy atom. The van der Waals surface area contributed by atoms with E-state index in [9.17, 15) is 9.59 Å². The van der Waals surface area contributed by atoms with E-state index < -0.39 is 0 Å². The highest BCUT2D eigenvalue weighted by molar-refractivity contribution is 7.17. The average molecular weight is 572 g/mol. The molecule has 1 amide bonds. The smallest absolute Gasteiger partial charge is 0.255 e. The first-order valence-electron chi connectivity index (χ1n) is 13.1. The Hall–Kier alpha value is -5.48. The minimum absolute atomic E-state index is 0.0208. The van der Waals surface area contributed by atoms with E-state index in [2.05, 4.69) is 32.1 Å². The van der Waals surface area contributed by atoms with Crippen molar-refractivity contribution in [3.8, 4) is 22.0 Å². The van der Waals surface area contributed by atoms with Crippen LogP contribution >= 0.6 is 11.3 Å². The van der Waals surface area contributed by atoms with E-state index >= 15 is 0 Å². The molecule has 0 fully saturated rings. The van der Waals surface area contributed by atoms with E-state index in [1.165, 1.54) is 11.3 Å². The summed E-state index contributed by atoms with van der Waals surface area (Å²) in [6, 6.07) is 16.6. The molecule has 1 aromatic carbocycles. The number of nitrogens with zero attached hydrogens (tertiary/aromatic N) is 4. The maximum atomic E-state index is 12.6. The molecule has 0 aliphatic rings. The van der Waals surface area contributed by atoms with Gasteiger partial charge in [-0.15, -0.1) is 11.3 Å². The van der Waals surface area contributed by atoms with Gasteiger partial charge in [0.2, 0.25) is 0 Å². The van der Waals surface area contributed by atoms with Crippen LogP contribution in [0.4, 0.5) is 0 Å². The standard InChI is InChI=1S/C32H25N7O2S/c1-4-8-21(15-18(2)34-32(41)20-9-6-5-7-10-20)23-11-12-24-29(35-23)30(39-38-24)31-36-25-17-33-16-22(28(25)37-31)27-14-13-26(42-27)19(3)40/h4-17H,1H2,2-3H3,(H,34,41)(H,36,37)(H,38,39)/b18-15+,21-8+. The Kier molecular flexibility index (Phi) is 7.12. The Balaban J connectivity index is 1.36. The fraction of sp³-hybridized carbons (Fsp3) is 0.0625. The van der Waals surface area contributed by atoms with Crippen LogP contribution in [0.2, 0.25) is 0 Å². The van der Waals surface area contributed by atoms with Crippen molar-refractivity contribution in [1.82, 2.24) is 35.5 Å². The van der Waals surface area contributed by atoms with E-state index in [-0.39, 0.29) is 11.7 Å². The third-order valence-electron chi connectivity index (χ3n) is 6.56. The summed E-state index contributed by atoms with van der Waals surface area (Å²) in [7, 11) is 0. The number of ketones is 1. The molecule has 10 heteroatoms. The molecule has 206 valence electrons. The van der Waals surface area contributed by atoms with Crippen molar-refractivity contribution in [3.05, 3.63) is 114 Å². The number of H-pyrrole nitrogens is 2. The second-order valence-electron chi connectivity index (χ2n) is 9.56. The van der Waals surface area contributed by atoms with Gasteiger partial charge in [0, 0.05) is 33.5 Å². The summed E-state index contributed by atoms with van der Waals surface area (Å²) in [5.74, 6) is 0.365. The van der Waals surface area contributed by atoms with Crippen LogP contribution in [0.1, 0.15) is 39.6 Å². The van der Waals surface area contributed by atoms with Gasteiger partial charge in [-0.05, 0) is 56.3 Å². The van der Waals surface area contributed by atoms with Crippen LogP contribution < -0.4 is 5.32 Å². The monoisotopic (exact) mass is 571 g/mol. The van der Waals surface area contributed by atoms with Gasteiger partial charge in [-0.3, -0.25) is 19.7 Å². The molecular formula is C32H25N7O2S. The molecule has 0 spiro atoms. The first-order chi connectivity index (χ1) is 20.4. The van der Waals surface area contributed by atoms with Crippen LogP contribution in [0.3, 0.4) is 0 Å². The first kappa shape index (κ1) is 26.7. The van der Waals surface area contributed by atoms with Crippen LogP contribution in [0, 0.1) is 0 Å². The molecule has 9 nitrogen and oxygen atoms in total. The van der Waals surface area contributed by atoms with Gasteiger partial charge in [0.25, 0.3) is 5.91 Å². The van der Waals surface area contributed by atoms with E-state index in [1.54, 1.807) is 37.5 Å². The lowest BCUT2D eigenvalue weighted by Crippen LogP contribution is -2.21. The summed E-state index contributed by atoms with van der Waals surface area (Å²) in [4.78, 5) is 43.6. The average Bonchev–Trinajstić information content (AvgIpc) is 3.75. The number of carbonyl (C=O) groups is 2. The zero-order chi connectivity index (χ0) is 29.2. The van der Waals surface area contributed by atoms with Gasteiger partial charge in [0.1, 0.15) is 11.0 Å². The number of nitrogens with one attached hydrogen (secondary N) is 3. The molecule has 0 unspecified atom stereocenters. The van der Waals surface area contributed by atoms with Crippen molar-refractivity contribution in [2.75, 3.05) is 0 Å². The lowest BCUT2D eigenvalue weighted by Gasteiger charge is -2.08. The summed E-state index contributed by atoms with van der Waals surface area (Å²) in [6.45, 7) is 7.23. The summed E-state index contributed by atoms with van der Waals surface area (Å²) in [5, 5.41) is 10.5. The molecule has 5 heterocycles. The lowest BCUT2D eigenvalue weighted by molar-refractivity contribution is 0.0964. The lowest BCUT2D eigenvalue weighted by atomic mass is 10.1. The number of aromatic nitrogens is 6. The van der Waals surface area contributed by atoms with Crippen LogP contribution in [0.5, 0.6) is 0 Å². The van der Waals surface area contributed by atoms with Crippen molar-refractivity contribution in [2.24, 2.45) is 0 Å². The maximum absolute atomic E-state index is 12.6. The number of aromatic amines is 2. The predicted octanol–water partition coefficient (Wildman–Crippen LogP) is 6.73. The topological polar surface area (TPSA) is 129 Å². The SMILES string of the molecule is C=C/C=C(\C=C(/C)NC(=O)c1ccccc1)c1ccc2[nH]nc(-c3nc4c(-c5ccc(C(C)=O)s5)cncc4[nH]3)c2n1. The summed E-state index contributed by atoms with van der Waals surface area (Å²) in [6.07, 6.45) is 8.83. The zero-order valence-corrected chi connectivity index (χ0v) is 23.6. The normalized spacial score (nSPS) is 12.1. The number of pyridine rings is 2. The van der Waals surface area contributed by atoms with E-state index in [1.807, 2.05) is 61.5 Å². The van der Waals surface area contributed by atoms with Gasteiger partial charge < -0.3 is 10.3 Å². The highest BCUT2D eigenvalue weighted by Crippen LogP contribution is 2.34. The molecule has 0 radical (unpaired) electrons. The number of hydrogen-bond donors (Lipinski definition) is 3. The zero-order valence-electron chi connectivity index (χ0n) is 22.8. The number of allylic oxidation sites excluding steroid dienone is 5.